The van der Waals surface area contributed by atoms with Gasteiger partial charge in [-0.05, 0) is 24.6 Å². The van der Waals surface area contributed by atoms with E-state index in [4.69, 9.17) is 4.74 Å². The first-order valence-corrected chi connectivity index (χ1v) is 8.52. The number of thiazole rings is 1. The van der Waals surface area contributed by atoms with E-state index in [1.165, 1.54) is 23.5 Å². The molecule has 0 unspecified atom stereocenters. The molecule has 3 aromatic rings. The van der Waals surface area contributed by atoms with E-state index in [1.54, 1.807) is 11.7 Å². The van der Waals surface area contributed by atoms with E-state index < -0.39 is 10.8 Å². The Kier molecular flexibility index (Phi) is 4.20. The minimum absolute atomic E-state index is 0.0771. The Hall–Kier alpha value is -2.52. The van der Waals surface area contributed by atoms with Crippen LogP contribution in [0, 0.1) is 17.0 Å². The minimum atomic E-state index is -0.519. The van der Waals surface area contributed by atoms with Gasteiger partial charge < -0.3 is 9.30 Å². The number of hydrogen-bond donors (Lipinski definition) is 0. The van der Waals surface area contributed by atoms with Crippen molar-refractivity contribution in [2.45, 2.75) is 6.92 Å². The molecule has 24 heavy (non-hydrogen) atoms. The molecule has 2 heterocycles. The summed E-state index contributed by atoms with van der Waals surface area (Å²) in [6, 6.07) is 6.56. The van der Waals surface area contributed by atoms with Crippen molar-refractivity contribution in [3.63, 3.8) is 0 Å². The lowest BCUT2D eigenvalue weighted by atomic mass is 10.2. The van der Waals surface area contributed by atoms with Crippen molar-refractivity contribution in [2.24, 2.45) is 12.0 Å². The normalized spacial score (nSPS) is 11.9. The summed E-state index contributed by atoms with van der Waals surface area (Å²) in [7, 11) is 3.40. The highest BCUT2D eigenvalue weighted by atomic mass is 32.1. The number of nitrogens with zero attached hydrogens (tertiary/aromatic N) is 3. The Balaban J connectivity index is 2.13. The van der Waals surface area contributed by atoms with E-state index in [2.05, 4.69) is 4.99 Å². The lowest BCUT2D eigenvalue weighted by molar-refractivity contribution is -0.380. The van der Waals surface area contributed by atoms with Gasteiger partial charge in [-0.3, -0.25) is 14.9 Å². The number of nitro groups is 1. The van der Waals surface area contributed by atoms with E-state index in [0.717, 1.165) is 27.1 Å². The van der Waals surface area contributed by atoms with Crippen molar-refractivity contribution in [2.75, 3.05) is 7.11 Å². The molecule has 0 saturated heterocycles. The van der Waals surface area contributed by atoms with Crippen LogP contribution >= 0.6 is 22.7 Å². The zero-order valence-electron chi connectivity index (χ0n) is 13.1. The number of hydrogen-bond acceptors (Lipinski definition) is 6. The number of aromatic nitrogens is 1. The van der Waals surface area contributed by atoms with Crippen LogP contribution in [0.3, 0.4) is 0 Å². The van der Waals surface area contributed by atoms with Crippen molar-refractivity contribution in [1.29, 1.82) is 0 Å². The number of methoxy groups -OCH3 is 1. The van der Waals surface area contributed by atoms with Gasteiger partial charge in [0.1, 0.15) is 16.1 Å². The van der Waals surface area contributed by atoms with Gasteiger partial charge in [-0.15, -0.1) is 0 Å². The van der Waals surface area contributed by atoms with Crippen LogP contribution in [-0.2, 0) is 7.05 Å². The maximum Gasteiger partial charge on any atom is 0.324 e. The largest absolute Gasteiger partial charge is 0.495 e. The number of aryl methyl sites for hydroxylation is 2. The molecule has 1 amide bonds. The van der Waals surface area contributed by atoms with Crippen LogP contribution in [-0.4, -0.2) is 22.5 Å². The van der Waals surface area contributed by atoms with Gasteiger partial charge in [-0.25, -0.2) is 0 Å². The molecule has 1 aromatic carbocycles. The fraction of sp³-hybridized carbons (Fsp3) is 0.200. The minimum Gasteiger partial charge on any atom is -0.495 e. The summed E-state index contributed by atoms with van der Waals surface area (Å²) in [6.07, 6.45) is 0. The molecule has 0 aliphatic carbocycles. The Morgan fingerprint density at radius 1 is 1.29 bits per heavy atom. The van der Waals surface area contributed by atoms with Gasteiger partial charge in [0.15, 0.2) is 4.80 Å². The third-order valence-electron chi connectivity index (χ3n) is 3.51. The summed E-state index contributed by atoms with van der Waals surface area (Å²) in [5.41, 5.74) is 1.93. The van der Waals surface area contributed by atoms with Crippen molar-refractivity contribution < 1.29 is 14.5 Å². The Bertz CT molecular complexity index is 1030. The molecule has 3 rings (SSSR count). The Labute approximate surface area is 144 Å². The van der Waals surface area contributed by atoms with Crippen molar-refractivity contribution in [3.05, 3.63) is 49.6 Å². The summed E-state index contributed by atoms with van der Waals surface area (Å²) in [5, 5.41) is 10.7. The summed E-state index contributed by atoms with van der Waals surface area (Å²) in [6.45, 7) is 1.98. The van der Waals surface area contributed by atoms with Gasteiger partial charge in [0.05, 0.1) is 16.7 Å². The summed E-state index contributed by atoms with van der Waals surface area (Å²) >= 11 is 2.20. The molecule has 0 radical (unpaired) electrons. The van der Waals surface area contributed by atoms with E-state index in [9.17, 15) is 14.9 Å². The van der Waals surface area contributed by atoms with Gasteiger partial charge >= 0.3 is 5.00 Å². The molecule has 0 N–H and O–H groups in total. The van der Waals surface area contributed by atoms with Gasteiger partial charge in [-0.1, -0.05) is 28.7 Å². The van der Waals surface area contributed by atoms with Crippen molar-refractivity contribution in [3.8, 4) is 5.75 Å². The number of amides is 1. The van der Waals surface area contributed by atoms with E-state index >= 15 is 0 Å². The summed E-state index contributed by atoms with van der Waals surface area (Å²) in [4.78, 5) is 27.4. The Morgan fingerprint density at radius 2 is 2.04 bits per heavy atom. The van der Waals surface area contributed by atoms with Crippen molar-refractivity contribution in [1.82, 2.24) is 4.57 Å². The van der Waals surface area contributed by atoms with Crippen LogP contribution in [0.4, 0.5) is 5.00 Å². The maximum absolute atomic E-state index is 12.3. The predicted octanol–water partition coefficient (Wildman–Crippen LogP) is 3.27. The monoisotopic (exact) mass is 363 g/mol. The van der Waals surface area contributed by atoms with E-state index in [0.29, 0.717) is 10.6 Å². The first-order chi connectivity index (χ1) is 11.4. The first-order valence-electron chi connectivity index (χ1n) is 6.88. The van der Waals surface area contributed by atoms with Crippen LogP contribution < -0.4 is 9.54 Å². The number of ether oxygens (including phenoxy) is 1. The molecule has 0 aliphatic rings. The van der Waals surface area contributed by atoms with Gasteiger partial charge in [0, 0.05) is 13.1 Å². The standard InChI is InChI=1S/C15H13N3O4S2/c1-8-4-5-9(22-3)12-13(8)24-15(17(12)2)16-14(19)10-6-7-11(23-10)18(20)21/h4-7H,1-3H3. The Morgan fingerprint density at radius 3 is 2.67 bits per heavy atom. The zero-order chi connectivity index (χ0) is 17.4. The predicted molar refractivity (Wildman–Crippen MR) is 93.0 cm³/mol. The SMILES string of the molecule is COc1ccc(C)c2sc(=NC(=O)c3ccc([N+](=O)[O-])s3)n(C)c12. The quantitative estimate of drug-likeness (QED) is 0.528. The highest BCUT2D eigenvalue weighted by molar-refractivity contribution is 7.17. The van der Waals surface area contributed by atoms with Crippen LogP contribution in [0.25, 0.3) is 10.2 Å². The molecule has 0 atom stereocenters. The number of carbonyl (C=O) groups excluding carboxylic acids is 1. The van der Waals surface area contributed by atoms with Gasteiger partial charge in [-0.2, -0.15) is 4.99 Å². The van der Waals surface area contributed by atoms with Crippen LogP contribution in [0.1, 0.15) is 15.2 Å². The number of rotatable bonds is 3. The fourth-order valence-electron chi connectivity index (χ4n) is 2.30. The van der Waals surface area contributed by atoms with Crippen LogP contribution in [0.15, 0.2) is 29.3 Å². The molecule has 0 saturated carbocycles. The molecule has 9 heteroatoms. The summed E-state index contributed by atoms with van der Waals surface area (Å²) < 4.78 is 8.17. The van der Waals surface area contributed by atoms with E-state index in [1.807, 2.05) is 26.1 Å². The molecule has 0 aliphatic heterocycles. The smallest absolute Gasteiger partial charge is 0.324 e. The maximum atomic E-state index is 12.3. The number of thiophene rings is 1. The molecule has 2 aromatic heterocycles. The second kappa shape index (κ2) is 6.17. The van der Waals surface area contributed by atoms with Crippen molar-refractivity contribution >= 4 is 43.8 Å². The topological polar surface area (TPSA) is 86.7 Å². The molecular formula is C15H13N3O4S2. The average molecular weight is 363 g/mol. The zero-order valence-corrected chi connectivity index (χ0v) is 14.7. The second-order valence-electron chi connectivity index (χ2n) is 5.02. The number of benzene rings is 1. The molecule has 124 valence electrons. The van der Waals surface area contributed by atoms with Crippen LogP contribution in [0.2, 0.25) is 0 Å². The highest BCUT2D eigenvalue weighted by Gasteiger charge is 2.16. The van der Waals surface area contributed by atoms with Gasteiger partial charge in [0.25, 0.3) is 5.91 Å². The molecule has 0 bridgehead atoms. The highest BCUT2D eigenvalue weighted by Crippen LogP contribution is 2.30. The third-order valence-corrected chi connectivity index (χ3v) is 5.80. The first kappa shape index (κ1) is 16.3. The van der Waals surface area contributed by atoms with Gasteiger partial charge in [0.2, 0.25) is 0 Å². The lowest BCUT2D eigenvalue weighted by Crippen LogP contribution is -2.13. The molecule has 0 spiro atoms. The third kappa shape index (κ3) is 2.72. The number of carbonyl (C=O) groups is 1. The fourth-order valence-corrected chi connectivity index (χ4v) is 4.11. The van der Waals surface area contributed by atoms with Crippen LogP contribution in [0.5, 0.6) is 5.75 Å². The molecule has 0 fully saturated rings. The number of fused-ring (bicyclic) bond motifs is 1. The average Bonchev–Trinajstić information content (AvgIpc) is 3.15. The molecule has 7 nitrogen and oxygen atoms in total. The lowest BCUT2D eigenvalue weighted by Gasteiger charge is -2.05. The molecular weight excluding hydrogens is 350 g/mol. The van der Waals surface area contributed by atoms with E-state index in [-0.39, 0.29) is 9.88 Å². The summed E-state index contributed by atoms with van der Waals surface area (Å²) in [5.74, 6) is 0.210. The second-order valence-corrected chi connectivity index (χ2v) is 7.06.